The number of rotatable bonds is 5. The second-order valence-electron chi connectivity index (χ2n) is 7.00. The van der Waals surface area contributed by atoms with Crippen LogP contribution in [0.3, 0.4) is 0 Å². The summed E-state index contributed by atoms with van der Waals surface area (Å²) in [6, 6.07) is 4.46. The van der Waals surface area contributed by atoms with Gasteiger partial charge >= 0.3 is 0 Å². The number of H-pyrrole nitrogens is 2. The highest BCUT2D eigenvalue weighted by Crippen LogP contribution is 2.33. The van der Waals surface area contributed by atoms with Crippen LogP contribution in [0.4, 0.5) is 0 Å². The molecule has 0 saturated heterocycles. The molecule has 0 atom stereocenters. The van der Waals surface area contributed by atoms with Gasteiger partial charge in [-0.15, -0.1) is 0 Å². The van der Waals surface area contributed by atoms with E-state index in [4.69, 9.17) is 4.74 Å². The molecule has 0 saturated carbocycles. The summed E-state index contributed by atoms with van der Waals surface area (Å²) >= 11 is 0. The zero-order chi connectivity index (χ0) is 17.2. The molecule has 1 aromatic carbocycles. The van der Waals surface area contributed by atoms with E-state index < -0.39 is 0 Å². The Labute approximate surface area is 142 Å². The highest BCUT2D eigenvalue weighted by Gasteiger charge is 2.20. The van der Waals surface area contributed by atoms with Gasteiger partial charge in [0.2, 0.25) is 0 Å². The third-order valence-corrected chi connectivity index (χ3v) is 4.14. The van der Waals surface area contributed by atoms with Crippen molar-refractivity contribution < 1.29 is 4.74 Å². The third kappa shape index (κ3) is 3.50. The minimum absolute atomic E-state index is 0.0576. The van der Waals surface area contributed by atoms with Gasteiger partial charge in [0, 0.05) is 48.8 Å². The van der Waals surface area contributed by atoms with Crippen LogP contribution < -0.4 is 4.74 Å². The SMILES string of the molecule is COc1c(Cc2ncc[nH]2)cc(C(C)(C)C)cc1Cc1ncc[nH]1. The monoisotopic (exact) mass is 324 g/mol. The average molecular weight is 324 g/mol. The van der Waals surface area contributed by atoms with Crippen LogP contribution in [0.2, 0.25) is 0 Å². The number of hydrogen-bond acceptors (Lipinski definition) is 3. The van der Waals surface area contributed by atoms with E-state index in [2.05, 4.69) is 52.8 Å². The Kier molecular flexibility index (Phi) is 4.42. The second-order valence-corrected chi connectivity index (χ2v) is 7.00. The van der Waals surface area contributed by atoms with Crippen molar-refractivity contribution in [3.8, 4) is 5.75 Å². The van der Waals surface area contributed by atoms with Crippen LogP contribution in [0, 0.1) is 0 Å². The molecular formula is C19H24N4O. The maximum atomic E-state index is 5.76. The summed E-state index contributed by atoms with van der Waals surface area (Å²) in [5.41, 5.74) is 3.62. The Morgan fingerprint density at radius 2 is 1.42 bits per heavy atom. The fraction of sp³-hybridized carbons (Fsp3) is 0.368. The van der Waals surface area contributed by atoms with Crippen LogP contribution in [0.15, 0.2) is 36.9 Å². The summed E-state index contributed by atoms with van der Waals surface area (Å²) in [5, 5.41) is 0. The normalized spacial score (nSPS) is 11.7. The molecule has 0 aliphatic carbocycles. The first-order chi connectivity index (χ1) is 11.5. The summed E-state index contributed by atoms with van der Waals surface area (Å²) in [6.45, 7) is 6.67. The van der Waals surface area contributed by atoms with E-state index in [-0.39, 0.29) is 5.41 Å². The molecule has 0 bridgehead atoms. The first-order valence-electron chi connectivity index (χ1n) is 8.14. The predicted octanol–water partition coefficient (Wildman–Crippen LogP) is 3.62. The van der Waals surface area contributed by atoms with Crippen molar-refractivity contribution in [2.24, 2.45) is 0 Å². The smallest absolute Gasteiger partial charge is 0.126 e. The number of methoxy groups -OCH3 is 1. The van der Waals surface area contributed by atoms with Gasteiger partial charge in [-0.25, -0.2) is 9.97 Å². The van der Waals surface area contributed by atoms with Crippen LogP contribution in [-0.2, 0) is 18.3 Å². The molecule has 0 amide bonds. The predicted molar refractivity (Wildman–Crippen MR) is 94.5 cm³/mol. The van der Waals surface area contributed by atoms with Gasteiger partial charge < -0.3 is 14.7 Å². The van der Waals surface area contributed by atoms with Gasteiger partial charge in [-0.3, -0.25) is 0 Å². The Balaban J connectivity index is 2.07. The Hall–Kier alpha value is -2.56. The number of aromatic nitrogens is 4. The highest BCUT2D eigenvalue weighted by atomic mass is 16.5. The summed E-state index contributed by atoms with van der Waals surface area (Å²) in [4.78, 5) is 15.1. The summed E-state index contributed by atoms with van der Waals surface area (Å²) in [7, 11) is 1.73. The molecular weight excluding hydrogens is 300 g/mol. The standard InChI is InChI=1S/C19H24N4O/c1-19(2,3)15-9-13(11-16-20-5-6-21-16)18(24-4)14(10-15)12-17-22-7-8-23-17/h5-10H,11-12H2,1-4H3,(H,20,21)(H,22,23). The molecule has 0 radical (unpaired) electrons. The van der Waals surface area contributed by atoms with Crippen molar-refractivity contribution in [1.82, 2.24) is 19.9 Å². The molecule has 0 spiro atoms. The van der Waals surface area contributed by atoms with E-state index in [0.29, 0.717) is 12.8 Å². The van der Waals surface area contributed by atoms with Gasteiger partial charge in [-0.05, 0) is 11.0 Å². The molecule has 5 heteroatoms. The van der Waals surface area contributed by atoms with Crippen molar-refractivity contribution in [3.05, 3.63) is 65.3 Å². The number of ether oxygens (including phenoxy) is 1. The van der Waals surface area contributed by atoms with E-state index >= 15 is 0 Å². The number of hydrogen-bond donors (Lipinski definition) is 2. The highest BCUT2D eigenvalue weighted by molar-refractivity contribution is 5.48. The van der Waals surface area contributed by atoms with Gasteiger partial charge in [0.1, 0.15) is 17.4 Å². The zero-order valence-electron chi connectivity index (χ0n) is 14.7. The molecule has 0 aliphatic heterocycles. The lowest BCUT2D eigenvalue weighted by atomic mass is 9.83. The van der Waals surface area contributed by atoms with Crippen LogP contribution in [-0.4, -0.2) is 27.0 Å². The summed E-state index contributed by atoms with van der Waals surface area (Å²) < 4.78 is 5.76. The number of imidazole rings is 2. The Morgan fingerprint density at radius 3 is 1.75 bits per heavy atom. The van der Waals surface area contributed by atoms with E-state index in [1.807, 2.05) is 12.4 Å². The molecule has 3 aromatic rings. The molecule has 3 rings (SSSR count). The second kappa shape index (κ2) is 6.51. The van der Waals surface area contributed by atoms with Crippen LogP contribution >= 0.6 is 0 Å². The van der Waals surface area contributed by atoms with Gasteiger partial charge in [0.15, 0.2) is 0 Å². The maximum Gasteiger partial charge on any atom is 0.126 e. The van der Waals surface area contributed by atoms with Crippen molar-refractivity contribution in [1.29, 1.82) is 0 Å². The Bertz CT molecular complexity index is 726. The summed E-state index contributed by atoms with van der Waals surface area (Å²) in [6.07, 6.45) is 8.67. The molecule has 24 heavy (non-hydrogen) atoms. The van der Waals surface area contributed by atoms with Crippen LogP contribution in [0.1, 0.15) is 49.1 Å². The van der Waals surface area contributed by atoms with E-state index in [1.54, 1.807) is 19.5 Å². The van der Waals surface area contributed by atoms with Gasteiger partial charge in [-0.2, -0.15) is 0 Å². The number of benzene rings is 1. The number of nitrogens with zero attached hydrogens (tertiary/aromatic N) is 2. The maximum absolute atomic E-state index is 5.76. The molecule has 2 aromatic heterocycles. The molecule has 0 fully saturated rings. The fourth-order valence-corrected chi connectivity index (χ4v) is 2.86. The van der Waals surface area contributed by atoms with Crippen LogP contribution in [0.25, 0.3) is 0 Å². The molecule has 126 valence electrons. The minimum atomic E-state index is 0.0576. The average Bonchev–Trinajstić information content (AvgIpc) is 3.20. The lowest BCUT2D eigenvalue weighted by molar-refractivity contribution is 0.405. The molecule has 2 N–H and O–H groups in total. The molecule has 5 nitrogen and oxygen atoms in total. The number of nitrogens with one attached hydrogen (secondary N) is 2. The number of aromatic amines is 2. The first kappa shape index (κ1) is 16.3. The third-order valence-electron chi connectivity index (χ3n) is 4.14. The van der Waals surface area contributed by atoms with Crippen molar-refractivity contribution in [2.75, 3.05) is 7.11 Å². The lowest BCUT2D eigenvalue weighted by Crippen LogP contribution is -2.14. The quantitative estimate of drug-likeness (QED) is 0.753. The van der Waals surface area contributed by atoms with Crippen molar-refractivity contribution in [2.45, 2.75) is 39.0 Å². The fourth-order valence-electron chi connectivity index (χ4n) is 2.86. The lowest BCUT2D eigenvalue weighted by Gasteiger charge is -2.23. The zero-order valence-corrected chi connectivity index (χ0v) is 14.7. The van der Waals surface area contributed by atoms with Gasteiger partial charge in [0.05, 0.1) is 7.11 Å². The largest absolute Gasteiger partial charge is 0.496 e. The summed E-state index contributed by atoms with van der Waals surface area (Å²) in [5.74, 6) is 2.78. The topological polar surface area (TPSA) is 66.6 Å². The van der Waals surface area contributed by atoms with Gasteiger partial charge in [-0.1, -0.05) is 32.9 Å². The molecule has 0 unspecified atom stereocenters. The van der Waals surface area contributed by atoms with Crippen molar-refractivity contribution >= 4 is 0 Å². The van der Waals surface area contributed by atoms with E-state index in [1.165, 1.54) is 5.56 Å². The Morgan fingerprint density at radius 1 is 0.917 bits per heavy atom. The van der Waals surface area contributed by atoms with E-state index in [0.717, 1.165) is 28.5 Å². The van der Waals surface area contributed by atoms with Crippen molar-refractivity contribution in [3.63, 3.8) is 0 Å². The first-order valence-corrected chi connectivity index (χ1v) is 8.14. The van der Waals surface area contributed by atoms with Gasteiger partial charge in [0.25, 0.3) is 0 Å². The minimum Gasteiger partial charge on any atom is -0.496 e. The molecule has 2 heterocycles. The molecule has 0 aliphatic rings. The van der Waals surface area contributed by atoms with E-state index in [9.17, 15) is 0 Å². The van der Waals surface area contributed by atoms with Crippen LogP contribution in [0.5, 0.6) is 5.75 Å².